The van der Waals surface area contributed by atoms with E-state index in [1.165, 1.54) is 6.42 Å². The first-order valence-corrected chi connectivity index (χ1v) is 6.66. The molecule has 0 radical (unpaired) electrons. The fourth-order valence-corrected chi connectivity index (χ4v) is 2.42. The molecule has 3 heteroatoms. The van der Waals surface area contributed by atoms with Gasteiger partial charge in [-0.05, 0) is 37.3 Å². The van der Waals surface area contributed by atoms with Gasteiger partial charge in [0.15, 0.2) is 0 Å². The van der Waals surface area contributed by atoms with Crippen LogP contribution in [-0.2, 0) is 0 Å². The zero-order chi connectivity index (χ0) is 12.3. The first kappa shape index (κ1) is 12.2. The number of pyridine rings is 1. The second-order valence-electron chi connectivity index (χ2n) is 5.15. The highest BCUT2D eigenvalue weighted by Crippen LogP contribution is 2.27. The molecule has 0 saturated carbocycles. The highest BCUT2D eigenvalue weighted by molar-refractivity contribution is 5.47. The maximum atomic E-state index is 4.65. The van der Waals surface area contributed by atoms with Crippen LogP contribution in [0.25, 0.3) is 0 Å². The van der Waals surface area contributed by atoms with Gasteiger partial charge in [-0.1, -0.05) is 19.9 Å². The lowest BCUT2D eigenvalue weighted by molar-refractivity contribution is 0.422. The maximum Gasteiger partial charge on any atom is 0.130 e. The zero-order valence-corrected chi connectivity index (χ0v) is 11.1. The summed E-state index contributed by atoms with van der Waals surface area (Å²) in [4.78, 5) is 7.06. The Morgan fingerprint density at radius 3 is 2.94 bits per heavy atom. The van der Waals surface area contributed by atoms with E-state index < -0.39 is 0 Å². The molecule has 17 heavy (non-hydrogen) atoms. The number of aromatic nitrogens is 1. The van der Waals surface area contributed by atoms with Crippen molar-refractivity contribution >= 4 is 11.6 Å². The fraction of sp³-hybridized carbons (Fsp3) is 0.643. The number of anilines is 2. The van der Waals surface area contributed by atoms with Crippen LogP contribution in [0.3, 0.4) is 0 Å². The molecule has 1 aromatic rings. The molecule has 1 saturated heterocycles. The molecule has 1 fully saturated rings. The minimum absolute atomic E-state index is 0.775. The molecule has 0 spiro atoms. The molecule has 2 heterocycles. The van der Waals surface area contributed by atoms with Crippen LogP contribution in [0.1, 0.15) is 27.2 Å². The van der Waals surface area contributed by atoms with Gasteiger partial charge in [-0.2, -0.15) is 0 Å². The Hall–Kier alpha value is -1.25. The van der Waals surface area contributed by atoms with Crippen molar-refractivity contribution in [3.8, 4) is 0 Å². The van der Waals surface area contributed by atoms with Crippen LogP contribution in [0.4, 0.5) is 11.6 Å². The number of nitrogens with one attached hydrogen (secondary N) is 1. The van der Waals surface area contributed by atoms with E-state index in [4.69, 9.17) is 0 Å². The molecule has 1 aliphatic rings. The first-order chi connectivity index (χ1) is 8.20. The Bertz CT molecular complexity index is 362. The number of hydrogen-bond acceptors (Lipinski definition) is 3. The molecule has 1 aromatic heterocycles. The van der Waals surface area contributed by atoms with Gasteiger partial charge in [-0.3, -0.25) is 0 Å². The topological polar surface area (TPSA) is 28.2 Å². The van der Waals surface area contributed by atoms with Crippen molar-refractivity contribution in [2.75, 3.05) is 29.9 Å². The summed E-state index contributed by atoms with van der Waals surface area (Å²) in [7, 11) is 0. The van der Waals surface area contributed by atoms with Crippen LogP contribution >= 0.6 is 0 Å². The molecule has 2 rings (SSSR count). The summed E-state index contributed by atoms with van der Waals surface area (Å²) in [6.07, 6.45) is 1.30. The Balaban J connectivity index is 2.05. The monoisotopic (exact) mass is 233 g/mol. The molecule has 94 valence electrons. The van der Waals surface area contributed by atoms with Gasteiger partial charge in [-0.15, -0.1) is 0 Å². The van der Waals surface area contributed by atoms with Gasteiger partial charge in [0.25, 0.3) is 0 Å². The van der Waals surface area contributed by atoms with Gasteiger partial charge in [0, 0.05) is 19.6 Å². The van der Waals surface area contributed by atoms with Crippen LogP contribution in [0, 0.1) is 11.8 Å². The average Bonchev–Trinajstić information content (AvgIpc) is 2.79. The molecule has 0 aromatic carbocycles. The van der Waals surface area contributed by atoms with Crippen LogP contribution in [0.2, 0.25) is 0 Å². The lowest BCUT2D eigenvalue weighted by Crippen LogP contribution is -2.22. The lowest BCUT2D eigenvalue weighted by atomic mass is 9.95. The standard InChI is InChI=1S/C14H23N3/c1-4-15-13-6-5-7-14(16-13)17-9-8-12(10-17)11(2)3/h5-7,11-12H,4,8-10H2,1-3H3,(H,15,16). The van der Waals surface area contributed by atoms with Crippen molar-refractivity contribution < 1.29 is 0 Å². The third kappa shape index (κ3) is 2.90. The van der Waals surface area contributed by atoms with Crippen molar-refractivity contribution in [3.05, 3.63) is 18.2 Å². The molecule has 1 aliphatic heterocycles. The Kier molecular flexibility index (Phi) is 3.87. The highest BCUT2D eigenvalue weighted by atomic mass is 15.2. The summed E-state index contributed by atoms with van der Waals surface area (Å²) in [5.41, 5.74) is 0. The van der Waals surface area contributed by atoms with Crippen molar-refractivity contribution in [1.29, 1.82) is 0 Å². The molecule has 0 amide bonds. The summed E-state index contributed by atoms with van der Waals surface area (Å²) in [5, 5.41) is 3.27. The van der Waals surface area contributed by atoms with Gasteiger partial charge in [0.1, 0.15) is 11.6 Å². The van der Waals surface area contributed by atoms with Crippen molar-refractivity contribution in [2.45, 2.75) is 27.2 Å². The van der Waals surface area contributed by atoms with Gasteiger partial charge < -0.3 is 10.2 Å². The summed E-state index contributed by atoms with van der Waals surface area (Å²) in [6, 6.07) is 6.23. The number of rotatable bonds is 4. The highest BCUT2D eigenvalue weighted by Gasteiger charge is 2.25. The van der Waals surface area contributed by atoms with E-state index in [0.29, 0.717) is 0 Å². The molecule has 0 bridgehead atoms. The van der Waals surface area contributed by atoms with E-state index in [1.54, 1.807) is 0 Å². The molecular formula is C14H23N3. The predicted octanol–water partition coefficient (Wildman–Crippen LogP) is 3.00. The van der Waals surface area contributed by atoms with E-state index in [0.717, 1.165) is 43.1 Å². The van der Waals surface area contributed by atoms with Gasteiger partial charge in [0.05, 0.1) is 0 Å². The molecule has 0 aliphatic carbocycles. The minimum atomic E-state index is 0.775. The summed E-state index contributed by atoms with van der Waals surface area (Å²) in [6.45, 7) is 9.95. The van der Waals surface area contributed by atoms with Gasteiger partial charge >= 0.3 is 0 Å². The second-order valence-corrected chi connectivity index (χ2v) is 5.15. The molecular weight excluding hydrogens is 210 g/mol. The maximum absolute atomic E-state index is 4.65. The SMILES string of the molecule is CCNc1cccc(N2CCC(C(C)C)C2)n1. The normalized spacial score (nSPS) is 20.0. The van der Waals surface area contributed by atoms with Crippen molar-refractivity contribution in [1.82, 2.24) is 4.98 Å². The summed E-state index contributed by atoms with van der Waals surface area (Å²) < 4.78 is 0. The Labute approximate surface area is 104 Å². The number of nitrogens with zero attached hydrogens (tertiary/aromatic N) is 2. The summed E-state index contributed by atoms with van der Waals surface area (Å²) >= 11 is 0. The molecule has 3 nitrogen and oxygen atoms in total. The minimum Gasteiger partial charge on any atom is -0.370 e. The largest absolute Gasteiger partial charge is 0.370 e. The van der Waals surface area contributed by atoms with E-state index >= 15 is 0 Å². The van der Waals surface area contributed by atoms with Crippen LogP contribution in [0.15, 0.2) is 18.2 Å². The van der Waals surface area contributed by atoms with E-state index in [9.17, 15) is 0 Å². The quantitative estimate of drug-likeness (QED) is 0.866. The Morgan fingerprint density at radius 1 is 1.47 bits per heavy atom. The van der Waals surface area contributed by atoms with Crippen LogP contribution in [0.5, 0.6) is 0 Å². The van der Waals surface area contributed by atoms with Gasteiger partial charge in [-0.25, -0.2) is 4.98 Å². The smallest absolute Gasteiger partial charge is 0.130 e. The Morgan fingerprint density at radius 2 is 2.29 bits per heavy atom. The molecule has 1 N–H and O–H groups in total. The van der Waals surface area contributed by atoms with E-state index in [2.05, 4.69) is 48.1 Å². The van der Waals surface area contributed by atoms with E-state index in [1.807, 2.05) is 6.07 Å². The van der Waals surface area contributed by atoms with Crippen LogP contribution < -0.4 is 10.2 Å². The second kappa shape index (κ2) is 5.39. The van der Waals surface area contributed by atoms with Crippen molar-refractivity contribution in [3.63, 3.8) is 0 Å². The fourth-order valence-electron chi connectivity index (χ4n) is 2.42. The first-order valence-electron chi connectivity index (χ1n) is 6.66. The van der Waals surface area contributed by atoms with Crippen LogP contribution in [-0.4, -0.2) is 24.6 Å². The summed E-state index contributed by atoms with van der Waals surface area (Å²) in [5.74, 6) is 3.70. The van der Waals surface area contributed by atoms with Gasteiger partial charge in [0.2, 0.25) is 0 Å². The molecule has 1 unspecified atom stereocenters. The lowest BCUT2D eigenvalue weighted by Gasteiger charge is -2.19. The van der Waals surface area contributed by atoms with E-state index in [-0.39, 0.29) is 0 Å². The number of hydrogen-bond donors (Lipinski definition) is 1. The third-order valence-corrected chi connectivity index (χ3v) is 3.58. The molecule has 1 atom stereocenters. The van der Waals surface area contributed by atoms with Crippen molar-refractivity contribution in [2.24, 2.45) is 11.8 Å². The average molecular weight is 233 g/mol. The third-order valence-electron chi connectivity index (χ3n) is 3.58. The zero-order valence-electron chi connectivity index (χ0n) is 11.1. The predicted molar refractivity (Wildman–Crippen MR) is 73.6 cm³/mol.